The maximum Gasteiger partial charge on any atom is -0.0458 e. The SMILES string of the molecule is O=[N+]([O-])[C-]1CCCC1. The van der Waals surface area contributed by atoms with Gasteiger partial charge in [-0.25, -0.2) is 0 Å². The summed E-state index contributed by atoms with van der Waals surface area (Å²) in [6, 6.07) is 0.519. The molecule has 1 saturated carbocycles. The maximum atomic E-state index is 9.97. The molecule has 0 aromatic heterocycles. The van der Waals surface area contributed by atoms with Crippen molar-refractivity contribution in [3.05, 3.63) is 16.2 Å². The second-order valence-corrected chi connectivity index (χ2v) is 2.03. The second kappa shape index (κ2) is 2.03. The van der Waals surface area contributed by atoms with Crippen LogP contribution in [0.5, 0.6) is 0 Å². The molecule has 0 unspecified atom stereocenters. The minimum atomic E-state index is -0.243. The van der Waals surface area contributed by atoms with Gasteiger partial charge in [-0.1, -0.05) is 12.8 Å². The van der Waals surface area contributed by atoms with Gasteiger partial charge >= 0.3 is 0 Å². The van der Waals surface area contributed by atoms with Crippen LogP contribution in [-0.2, 0) is 0 Å². The Morgan fingerprint density at radius 1 is 1.38 bits per heavy atom. The second-order valence-electron chi connectivity index (χ2n) is 2.03. The third kappa shape index (κ3) is 0.911. The summed E-state index contributed by atoms with van der Waals surface area (Å²) < 4.78 is 0. The quantitative estimate of drug-likeness (QED) is 0.293. The first-order chi connectivity index (χ1) is 3.80. The van der Waals surface area contributed by atoms with Gasteiger partial charge in [-0.3, -0.25) is 10.1 Å². The third-order valence-electron chi connectivity index (χ3n) is 1.44. The topological polar surface area (TPSA) is 43.1 Å². The zero-order valence-electron chi connectivity index (χ0n) is 4.59. The van der Waals surface area contributed by atoms with Gasteiger partial charge in [0.25, 0.3) is 0 Å². The fourth-order valence-electron chi connectivity index (χ4n) is 0.966. The minimum Gasteiger partial charge on any atom is -0.295 e. The molecule has 1 aliphatic carbocycles. The number of nitrogens with zero attached hydrogens (tertiary/aromatic N) is 1. The van der Waals surface area contributed by atoms with E-state index in [1.54, 1.807) is 0 Å². The fraction of sp³-hybridized carbons (Fsp3) is 0.800. The van der Waals surface area contributed by atoms with Crippen LogP contribution in [0.1, 0.15) is 25.7 Å². The van der Waals surface area contributed by atoms with E-state index in [9.17, 15) is 10.1 Å². The smallest absolute Gasteiger partial charge is 0.0458 e. The van der Waals surface area contributed by atoms with Crippen molar-refractivity contribution in [1.82, 2.24) is 0 Å². The van der Waals surface area contributed by atoms with Crippen molar-refractivity contribution in [3.8, 4) is 0 Å². The molecule has 0 heterocycles. The number of nitro groups is 1. The van der Waals surface area contributed by atoms with Gasteiger partial charge in [0.1, 0.15) is 0 Å². The molecule has 0 aromatic carbocycles. The lowest BCUT2D eigenvalue weighted by Crippen LogP contribution is -2.03. The molecule has 0 N–H and O–H groups in total. The van der Waals surface area contributed by atoms with E-state index >= 15 is 0 Å². The van der Waals surface area contributed by atoms with E-state index in [0.29, 0.717) is 18.9 Å². The van der Waals surface area contributed by atoms with Gasteiger partial charge in [-0.2, -0.15) is 0 Å². The molecular weight excluding hydrogens is 106 g/mol. The van der Waals surface area contributed by atoms with Crippen molar-refractivity contribution < 1.29 is 4.92 Å². The van der Waals surface area contributed by atoms with Crippen LogP contribution in [0.3, 0.4) is 0 Å². The highest BCUT2D eigenvalue weighted by molar-refractivity contribution is 4.82. The van der Waals surface area contributed by atoms with Crippen LogP contribution >= 0.6 is 0 Å². The summed E-state index contributed by atoms with van der Waals surface area (Å²) in [5, 5.41) is 9.97. The minimum absolute atomic E-state index is 0.243. The molecule has 8 heavy (non-hydrogen) atoms. The highest BCUT2D eigenvalue weighted by Gasteiger charge is 2.09. The molecule has 1 rings (SSSR count). The maximum absolute atomic E-state index is 9.97. The predicted octanol–water partition coefficient (Wildman–Crippen LogP) is 1.37. The Labute approximate surface area is 47.8 Å². The van der Waals surface area contributed by atoms with Crippen LogP contribution in [0.25, 0.3) is 0 Å². The van der Waals surface area contributed by atoms with E-state index in [1.807, 2.05) is 0 Å². The van der Waals surface area contributed by atoms with Crippen LogP contribution in [0.15, 0.2) is 0 Å². The van der Waals surface area contributed by atoms with Crippen molar-refractivity contribution in [2.24, 2.45) is 0 Å². The van der Waals surface area contributed by atoms with E-state index < -0.39 is 0 Å². The molecule has 0 saturated heterocycles. The monoisotopic (exact) mass is 114 g/mol. The molecule has 0 amide bonds. The Morgan fingerprint density at radius 2 is 1.88 bits per heavy atom. The molecule has 1 fully saturated rings. The van der Waals surface area contributed by atoms with Gasteiger partial charge in [0, 0.05) is 0 Å². The van der Waals surface area contributed by atoms with Gasteiger partial charge in [0.2, 0.25) is 0 Å². The van der Waals surface area contributed by atoms with Crippen molar-refractivity contribution in [2.75, 3.05) is 0 Å². The first kappa shape index (κ1) is 5.41. The summed E-state index contributed by atoms with van der Waals surface area (Å²) >= 11 is 0. The van der Waals surface area contributed by atoms with Crippen LogP contribution in [0, 0.1) is 16.2 Å². The molecule has 0 bridgehead atoms. The van der Waals surface area contributed by atoms with Crippen molar-refractivity contribution in [1.29, 1.82) is 0 Å². The van der Waals surface area contributed by atoms with Gasteiger partial charge < -0.3 is 0 Å². The molecule has 0 radical (unpaired) electrons. The van der Waals surface area contributed by atoms with Crippen LogP contribution < -0.4 is 0 Å². The lowest BCUT2D eigenvalue weighted by atomic mass is 10.3. The third-order valence-corrected chi connectivity index (χ3v) is 1.44. The van der Waals surface area contributed by atoms with Gasteiger partial charge in [-0.15, -0.1) is 17.8 Å². The lowest BCUT2D eigenvalue weighted by molar-refractivity contribution is -0.467. The molecular formula is C5H8NO2-. The Balaban J connectivity index is 2.35. The summed E-state index contributed by atoms with van der Waals surface area (Å²) in [5.74, 6) is 0. The number of rotatable bonds is 1. The largest absolute Gasteiger partial charge is 0.295 e. The van der Waals surface area contributed by atoms with E-state index in [0.717, 1.165) is 12.8 Å². The molecule has 0 spiro atoms. The van der Waals surface area contributed by atoms with E-state index in [4.69, 9.17) is 0 Å². The predicted molar refractivity (Wildman–Crippen MR) is 28.7 cm³/mol. The molecule has 46 valence electrons. The van der Waals surface area contributed by atoms with Crippen LogP contribution in [-0.4, -0.2) is 4.92 Å². The first-order valence-corrected chi connectivity index (χ1v) is 2.80. The lowest BCUT2D eigenvalue weighted by Gasteiger charge is -2.10. The van der Waals surface area contributed by atoms with E-state index in [1.165, 1.54) is 0 Å². The van der Waals surface area contributed by atoms with Crippen LogP contribution in [0.2, 0.25) is 0 Å². The normalized spacial score (nSPS) is 19.2. The summed E-state index contributed by atoms with van der Waals surface area (Å²) in [6.45, 7) is 0. The Kier molecular flexibility index (Phi) is 1.37. The highest BCUT2D eigenvalue weighted by atomic mass is 16.6. The summed E-state index contributed by atoms with van der Waals surface area (Å²) in [4.78, 5) is 9.73. The summed E-state index contributed by atoms with van der Waals surface area (Å²) in [7, 11) is 0. The van der Waals surface area contributed by atoms with Gasteiger partial charge in [0.15, 0.2) is 0 Å². The Morgan fingerprint density at radius 3 is 2.12 bits per heavy atom. The van der Waals surface area contributed by atoms with Crippen molar-refractivity contribution in [3.63, 3.8) is 0 Å². The average Bonchev–Trinajstić information content (AvgIpc) is 2.12. The van der Waals surface area contributed by atoms with Crippen molar-refractivity contribution in [2.45, 2.75) is 25.7 Å². The number of hydrogen-bond acceptors (Lipinski definition) is 2. The van der Waals surface area contributed by atoms with E-state index in [-0.39, 0.29) is 4.92 Å². The summed E-state index contributed by atoms with van der Waals surface area (Å²) in [5.41, 5.74) is 0. The molecule has 1 aliphatic rings. The molecule has 3 heteroatoms. The first-order valence-electron chi connectivity index (χ1n) is 2.80. The Bertz CT molecular complexity index is 96.6. The zero-order valence-corrected chi connectivity index (χ0v) is 4.59. The molecule has 0 aliphatic heterocycles. The molecule has 3 nitrogen and oxygen atoms in total. The standard InChI is InChI=1S/C5H8NO2/c7-6(8)5-3-1-2-4-5/h1-4H2/q-1. The highest BCUT2D eigenvalue weighted by Crippen LogP contribution is 2.26. The summed E-state index contributed by atoms with van der Waals surface area (Å²) in [6.07, 6.45) is 3.45. The zero-order chi connectivity index (χ0) is 5.98. The van der Waals surface area contributed by atoms with E-state index in [2.05, 4.69) is 0 Å². The average molecular weight is 114 g/mol. The van der Waals surface area contributed by atoms with Gasteiger partial charge in [-0.05, 0) is 6.04 Å². The molecule has 0 aromatic rings. The van der Waals surface area contributed by atoms with Crippen molar-refractivity contribution >= 4 is 0 Å². The van der Waals surface area contributed by atoms with Gasteiger partial charge in [0.05, 0.1) is 0 Å². The number of hydrogen-bond donors (Lipinski definition) is 0. The molecule has 0 atom stereocenters. The Hall–Kier alpha value is -0.730. The van der Waals surface area contributed by atoms with Crippen LogP contribution in [0.4, 0.5) is 0 Å². The fourth-order valence-corrected chi connectivity index (χ4v) is 0.966.